The van der Waals surface area contributed by atoms with Crippen molar-refractivity contribution in [3.8, 4) is 0 Å². The lowest BCUT2D eigenvalue weighted by atomic mass is 10.0. The predicted molar refractivity (Wildman–Crippen MR) is 73.6 cm³/mol. The highest BCUT2D eigenvalue weighted by Gasteiger charge is 2.08. The fourth-order valence-corrected chi connectivity index (χ4v) is 2.12. The number of aryl methyl sites for hydroxylation is 2. The number of rotatable bonds is 4. The Hall–Kier alpha value is -1.64. The minimum atomic E-state index is 0.610. The molecule has 18 heavy (non-hydrogen) atoms. The predicted octanol–water partition coefficient (Wildman–Crippen LogP) is 3.14. The first-order valence-corrected chi connectivity index (χ1v) is 6.49. The van der Waals surface area contributed by atoms with Crippen LogP contribution in [-0.2, 0) is 13.0 Å². The van der Waals surface area contributed by atoms with E-state index in [4.69, 9.17) is 0 Å². The summed E-state index contributed by atoms with van der Waals surface area (Å²) in [6.45, 7) is 9.68. The number of nitrogens with zero attached hydrogens (tertiary/aromatic N) is 3. The summed E-state index contributed by atoms with van der Waals surface area (Å²) in [6.07, 6.45) is 2.70. The van der Waals surface area contributed by atoms with Gasteiger partial charge in [-0.3, -0.25) is 0 Å². The van der Waals surface area contributed by atoms with E-state index in [2.05, 4.69) is 60.7 Å². The number of hydrogen-bond donors (Lipinski definition) is 0. The van der Waals surface area contributed by atoms with Crippen LogP contribution in [0.1, 0.15) is 36.4 Å². The summed E-state index contributed by atoms with van der Waals surface area (Å²) < 4.78 is 2.16. The van der Waals surface area contributed by atoms with E-state index in [1.807, 2.05) is 6.33 Å². The lowest BCUT2D eigenvalue weighted by Gasteiger charge is -2.10. The van der Waals surface area contributed by atoms with Crippen LogP contribution >= 0.6 is 0 Å². The van der Waals surface area contributed by atoms with E-state index in [1.165, 1.54) is 16.7 Å². The molecule has 3 nitrogen and oxygen atoms in total. The molecule has 0 radical (unpaired) electrons. The standard InChI is InChI=1S/C15H21N3/c1-11(2)9-18-10-16-17-15(18)8-14-7-12(3)5-6-13(14)4/h5-7,10-11H,8-9H2,1-4H3. The third kappa shape index (κ3) is 2.97. The summed E-state index contributed by atoms with van der Waals surface area (Å²) in [4.78, 5) is 0. The lowest BCUT2D eigenvalue weighted by molar-refractivity contribution is 0.509. The van der Waals surface area contributed by atoms with Gasteiger partial charge in [0.15, 0.2) is 0 Å². The quantitative estimate of drug-likeness (QED) is 0.826. The number of hydrogen-bond acceptors (Lipinski definition) is 2. The Morgan fingerprint density at radius 1 is 1.22 bits per heavy atom. The van der Waals surface area contributed by atoms with E-state index >= 15 is 0 Å². The molecule has 2 aromatic rings. The average molecular weight is 243 g/mol. The van der Waals surface area contributed by atoms with E-state index < -0.39 is 0 Å². The highest BCUT2D eigenvalue weighted by atomic mass is 15.3. The van der Waals surface area contributed by atoms with Crippen LogP contribution < -0.4 is 0 Å². The van der Waals surface area contributed by atoms with E-state index in [0.29, 0.717) is 5.92 Å². The molecule has 0 saturated heterocycles. The molecule has 3 heteroatoms. The lowest BCUT2D eigenvalue weighted by Crippen LogP contribution is -2.08. The first kappa shape index (κ1) is 12.8. The van der Waals surface area contributed by atoms with Crippen molar-refractivity contribution in [1.29, 1.82) is 0 Å². The summed E-state index contributed by atoms with van der Waals surface area (Å²) in [5, 5.41) is 8.28. The zero-order valence-corrected chi connectivity index (χ0v) is 11.6. The maximum Gasteiger partial charge on any atom is 0.137 e. The number of aromatic nitrogens is 3. The van der Waals surface area contributed by atoms with Crippen LogP contribution in [0.4, 0.5) is 0 Å². The van der Waals surface area contributed by atoms with Crippen LogP contribution in [0, 0.1) is 19.8 Å². The molecule has 96 valence electrons. The molecule has 1 heterocycles. The third-order valence-electron chi connectivity index (χ3n) is 3.11. The van der Waals surface area contributed by atoms with Crippen LogP contribution in [0.15, 0.2) is 24.5 Å². The van der Waals surface area contributed by atoms with Gasteiger partial charge in [0.05, 0.1) is 0 Å². The van der Waals surface area contributed by atoms with Gasteiger partial charge in [0.1, 0.15) is 12.2 Å². The van der Waals surface area contributed by atoms with E-state index in [0.717, 1.165) is 18.8 Å². The Kier molecular flexibility index (Phi) is 3.80. The van der Waals surface area contributed by atoms with E-state index in [-0.39, 0.29) is 0 Å². The monoisotopic (exact) mass is 243 g/mol. The zero-order chi connectivity index (χ0) is 13.1. The molecular weight excluding hydrogens is 222 g/mol. The molecular formula is C15H21N3. The molecule has 0 amide bonds. The van der Waals surface area contributed by atoms with E-state index in [1.54, 1.807) is 0 Å². The number of benzene rings is 1. The van der Waals surface area contributed by atoms with Crippen molar-refractivity contribution in [2.24, 2.45) is 5.92 Å². The van der Waals surface area contributed by atoms with Gasteiger partial charge in [-0.2, -0.15) is 0 Å². The zero-order valence-electron chi connectivity index (χ0n) is 11.6. The molecule has 0 saturated carbocycles. The molecule has 0 bridgehead atoms. The topological polar surface area (TPSA) is 30.7 Å². The first-order chi connectivity index (χ1) is 8.56. The molecule has 0 N–H and O–H groups in total. The van der Waals surface area contributed by atoms with Crippen molar-refractivity contribution in [2.45, 2.75) is 40.7 Å². The van der Waals surface area contributed by atoms with Gasteiger partial charge >= 0.3 is 0 Å². The fourth-order valence-electron chi connectivity index (χ4n) is 2.12. The highest BCUT2D eigenvalue weighted by Crippen LogP contribution is 2.15. The summed E-state index contributed by atoms with van der Waals surface area (Å²) in [5.74, 6) is 1.66. The highest BCUT2D eigenvalue weighted by molar-refractivity contribution is 5.32. The summed E-state index contributed by atoms with van der Waals surface area (Å²) in [6, 6.07) is 6.56. The van der Waals surface area contributed by atoms with Crippen molar-refractivity contribution >= 4 is 0 Å². The van der Waals surface area contributed by atoms with Gasteiger partial charge in [0, 0.05) is 13.0 Å². The molecule has 1 aromatic heterocycles. The molecule has 0 spiro atoms. The van der Waals surface area contributed by atoms with Crippen LogP contribution in [0.5, 0.6) is 0 Å². The van der Waals surface area contributed by atoms with Crippen molar-refractivity contribution in [2.75, 3.05) is 0 Å². The average Bonchev–Trinajstić information content (AvgIpc) is 2.70. The van der Waals surface area contributed by atoms with Gasteiger partial charge in [-0.25, -0.2) is 0 Å². The van der Waals surface area contributed by atoms with Gasteiger partial charge in [-0.15, -0.1) is 10.2 Å². The smallest absolute Gasteiger partial charge is 0.137 e. The Bertz CT molecular complexity index is 526. The summed E-state index contributed by atoms with van der Waals surface area (Å²) in [5.41, 5.74) is 3.96. The SMILES string of the molecule is Cc1ccc(C)c(Cc2nncn2CC(C)C)c1. The van der Waals surface area contributed by atoms with Gasteiger partial charge in [0.2, 0.25) is 0 Å². The molecule has 0 aliphatic rings. The fraction of sp³-hybridized carbons (Fsp3) is 0.467. The summed E-state index contributed by atoms with van der Waals surface area (Å²) in [7, 11) is 0. The molecule has 0 atom stereocenters. The second-order valence-electron chi connectivity index (χ2n) is 5.40. The van der Waals surface area contributed by atoms with Gasteiger partial charge in [0.25, 0.3) is 0 Å². The Balaban J connectivity index is 2.23. The van der Waals surface area contributed by atoms with Crippen LogP contribution in [0.2, 0.25) is 0 Å². The van der Waals surface area contributed by atoms with Gasteiger partial charge < -0.3 is 4.57 Å². The minimum Gasteiger partial charge on any atom is -0.317 e. The van der Waals surface area contributed by atoms with Crippen LogP contribution in [-0.4, -0.2) is 14.8 Å². The Morgan fingerprint density at radius 2 is 2.00 bits per heavy atom. The van der Waals surface area contributed by atoms with E-state index in [9.17, 15) is 0 Å². The minimum absolute atomic E-state index is 0.610. The van der Waals surface area contributed by atoms with Gasteiger partial charge in [-0.1, -0.05) is 37.6 Å². The Morgan fingerprint density at radius 3 is 2.72 bits per heavy atom. The van der Waals surface area contributed by atoms with Crippen LogP contribution in [0.3, 0.4) is 0 Å². The molecule has 0 unspecified atom stereocenters. The van der Waals surface area contributed by atoms with Crippen molar-refractivity contribution < 1.29 is 0 Å². The van der Waals surface area contributed by atoms with Gasteiger partial charge in [-0.05, 0) is 30.9 Å². The second kappa shape index (κ2) is 5.34. The summed E-state index contributed by atoms with van der Waals surface area (Å²) >= 11 is 0. The molecule has 0 aliphatic carbocycles. The molecule has 0 aliphatic heterocycles. The van der Waals surface area contributed by atoms with Crippen molar-refractivity contribution in [3.05, 3.63) is 47.0 Å². The second-order valence-corrected chi connectivity index (χ2v) is 5.40. The van der Waals surface area contributed by atoms with Crippen LogP contribution in [0.25, 0.3) is 0 Å². The third-order valence-corrected chi connectivity index (χ3v) is 3.11. The molecule has 2 rings (SSSR count). The normalized spacial score (nSPS) is 11.2. The van der Waals surface area contributed by atoms with Crippen molar-refractivity contribution in [1.82, 2.24) is 14.8 Å². The largest absolute Gasteiger partial charge is 0.317 e. The molecule has 1 aromatic carbocycles. The molecule has 0 fully saturated rings. The van der Waals surface area contributed by atoms with Crippen molar-refractivity contribution in [3.63, 3.8) is 0 Å². The maximum absolute atomic E-state index is 4.25. The first-order valence-electron chi connectivity index (χ1n) is 6.49. The maximum atomic E-state index is 4.25. The Labute approximate surface area is 109 Å².